The number of rotatable bonds is 0. The first kappa shape index (κ1) is 11.9. The van der Waals surface area contributed by atoms with Gasteiger partial charge in [-0.2, -0.15) is 0 Å². The molecule has 1 saturated carbocycles. The van der Waals surface area contributed by atoms with Crippen molar-refractivity contribution in [2.24, 2.45) is 5.41 Å². The average molecular weight is 239 g/mol. The van der Waals surface area contributed by atoms with Gasteiger partial charge >= 0.3 is 0 Å². The van der Waals surface area contributed by atoms with E-state index in [0.717, 1.165) is 26.2 Å². The van der Waals surface area contributed by atoms with Gasteiger partial charge in [-0.05, 0) is 25.7 Å². The van der Waals surface area contributed by atoms with Crippen molar-refractivity contribution in [2.45, 2.75) is 63.7 Å². The van der Waals surface area contributed by atoms with Crippen molar-refractivity contribution in [3.8, 4) is 0 Å². The van der Waals surface area contributed by atoms with Crippen molar-refractivity contribution in [3.63, 3.8) is 0 Å². The molecule has 3 rings (SSSR count). The second-order valence-electron chi connectivity index (χ2n) is 6.69. The van der Waals surface area contributed by atoms with Crippen LogP contribution in [0.15, 0.2) is 0 Å². The lowest BCUT2D eigenvalue weighted by Gasteiger charge is -2.56. The molecule has 3 aliphatic rings. The Morgan fingerprint density at radius 3 is 2.41 bits per heavy atom. The highest BCUT2D eigenvalue weighted by Crippen LogP contribution is 2.48. The molecule has 1 N–H and O–H groups in total. The fraction of sp³-hybridized carbons (Fsp3) is 1.00. The maximum atomic E-state index is 6.64. The van der Waals surface area contributed by atoms with Crippen molar-refractivity contribution in [1.29, 1.82) is 0 Å². The second-order valence-corrected chi connectivity index (χ2v) is 6.69. The summed E-state index contributed by atoms with van der Waals surface area (Å²) < 4.78 is 12.3. The molecule has 0 amide bonds. The average Bonchev–Trinajstić information content (AvgIpc) is 2.77. The third kappa shape index (κ3) is 1.83. The molecule has 0 aromatic heterocycles. The summed E-state index contributed by atoms with van der Waals surface area (Å²) in [7, 11) is 0. The second kappa shape index (κ2) is 3.94. The van der Waals surface area contributed by atoms with Gasteiger partial charge in [0.05, 0.1) is 6.61 Å². The van der Waals surface area contributed by atoms with Crippen LogP contribution >= 0.6 is 0 Å². The quantitative estimate of drug-likeness (QED) is 0.704. The predicted molar refractivity (Wildman–Crippen MR) is 66.9 cm³/mol. The molecule has 0 radical (unpaired) electrons. The zero-order chi connectivity index (χ0) is 12.0. The molecule has 17 heavy (non-hydrogen) atoms. The van der Waals surface area contributed by atoms with E-state index in [1.807, 2.05) is 0 Å². The summed E-state index contributed by atoms with van der Waals surface area (Å²) in [6.45, 7) is 7.31. The van der Waals surface area contributed by atoms with E-state index < -0.39 is 0 Å². The molecule has 98 valence electrons. The van der Waals surface area contributed by atoms with E-state index in [9.17, 15) is 0 Å². The highest BCUT2D eigenvalue weighted by Gasteiger charge is 2.57. The molecular formula is C14H25NO2. The van der Waals surface area contributed by atoms with E-state index in [1.165, 1.54) is 32.1 Å². The molecule has 2 saturated heterocycles. The van der Waals surface area contributed by atoms with Gasteiger partial charge in [-0.25, -0.2) is 0 Å². The summed E-state index contributed by atoms with van der Waals surface area (Å²) in [4.78, 5) is 0. The number of ether oxygens (including phenoxy) is 2. The van der Waals surface area contributed by atoms with Crippen LogP contribution in [-0.4, -0.2) is 31.1 Å². The van der Waals surface area contributed by atoms with Gasteiger partial charge in [0.1, 0.15) is 11.3 Å². The molecule has 2 spiro atoms. The Balaban J connectivity index is 1.84. The fourth-order valence-electron chi connectivity index (χ4n) is 3.65. The zero-order valence-corrected chi connectivity index (χ0v) is 11.2. The third-order valence-corrected chi connectivity index (χ3v) is 5.12. The first-order chi connectivity index (χ1) is 8.08. The first-order valence-corrected chi connectivity index (χ1v) is 7.11. The molecule has 1 aliphatic carbocycles. The Labute approximate surface area is 104 Å². The molecular weight excluding hydrogens is 214 g/mol. The number of hydrogen-bond donors (Lipinski definition) is 1. The van der Waals surface area contributed by atoms with Crippen LogP contribution < -0.4 is 5.32 Å². The van der Waals surface area contributed by atoms with Crippen LogP contribution in [0.3, 0.4) is 0 Å². The van der Waals surface area contributed by atoms with Crippen molar-refractivity contribution in [2.75, 3.05) is 19.8 Å². The van der Waals surface area contributed by atoms with Gasteiger partial charge in [-0.1, -0.05) is 20.3 Å². The standard InChI is InChI=1S/C14H25NO2/c1-12(2)10-15-14(6-4-3-5-7-14)17-13(12)8-9-16-11-13/h15H,3-11H2,1-2H3. The smallest absolute Gasteiger partial charge is 0.120 e. The highest BCUT2D eigenvalue weighted by molar-refractivity contribution is 5.05. The minimum Gasteiger partial charge on any atom is -0.378 e. The topological polar surface area (TPSA) is 30.5 Å². The van der Waals surface area contributed by atoms with Crippen molar-refractivity contribution in [1.82, 2.24) is 5.32 Å². The van der Waals surface area contributed by atoms with Crippen LogP contribution in [0.1, 0.15) is 52.4 Å². The van der Waals surface area contributed by atoms with E-state index in [1.54, 1.807) is 0 Å². The molecule has 1 atom stereocenters. The summed E-state index contributed by atoms with van der Waals surface area (Å²) in [5.74, 6) is 0. The van der Waals surface area contributed by atoms with Crippen LogP contribution in [0.5, 0.6) is 0 Å². The minimum absolute atomic E-state index is 0.0402. The molecule has 3 fully saturated rings. The Bertz CT molecular complexity index is 289. The van der Waals surface area contributed by atoms with Crippen LogP contribution in [0.2, 0.25) is 0 Å². The van der Waals surface area contributed by atoms with Gasteiger partial charge in [0, 0.05) is 25.0 Å². The van der Waals surface area contributed by atoms with Crippen LogP contribution in [0.4, 0.5) is 0 Å². The van der Waals surface area contributed by atoms with E-state index in [-0.39, 0.29) is 16.7 Å². The molecule has 2 heterocycles. The maximum absolute atomic E-state index is 6.64. The lowest BCUT2D eigenvalue weighted by molar-refractivity contribution is -0.258. The zero-order valence-electron chi connectivity index (χ0n) is 11.2. The van der Waals surface area contributed by atoms with Crippen molar-refractivity contribution in [3.05, 3.63) is 0 Å². The molecule has 3 nitrogen and oxygen atoms in total. The summed E-state index contributed by atoms with van der Waals surface area (Å²) in [6.07, 6.45) is 7.35. The van der Waals surface area contributed by atoms with Crippen LogP contribution in [0, 0.1) is 5.41 Å². The van der Waals surface area contributed by atoms with Crippen LogP contribution in [0.25, 0.3) is 0 Å². The molecule has 0 bridgehead atoms. The minimum atomic E-state index is -0.0460. The largest absolute Gasteiger partial charge is 0.378 e. The molecule has 2 aliphatic heterocycles. The highest BCUT2D eigenvalue weighted by atomic mass is 16.6. The predicted octanol–water partition coefficient (Wildman–Crippen LogP) is 2.45. The Morgan fingerprint density at radius 1 is 1.00 bits per heavy atom. The first-order valence-electron chi connectivity index (χ1n) is 7.11. The van der Waals surface area contributed by atoms with E-state index in [2.05, 4.69) is 19.2 Å². The van der Waals surface area contributed by atoms with Crippen molar-refractivity contribution >= 4 is 0 Å². The normalized spacial score (nSPS) is 39.9. The van der Waals surface area contributed by atoms with E-state index in [4.69, 9.17) is 9.47 Å². The lowest BCUT2D eigenvalue weighted by Crippen LogP contribution is -2.68. The number of nitrogens with one attached hydrogen (secondary N) is 1. The maximum Gasteiger partial charge on any atom is 0.120 e. The molecule has 1 unspecified atom stereocenters. The van der Waals surface area contributed by atoms with Crippen molar-refractivity contribution < 1.29 is 9.47 Å². The van der Waals surface area contributed by atoms with Crippen LogP contribution in [-0.2, 0) is 9.47 Å². The SMILES string of the molecule is CC1(C)CNC2(CCCCC2)OC12CCOC2. The molecule has 3 heteroatoms. The fourth-order valence-corrected chi connectivity index (χ4v) is 3.65. The number of hydrogen-bond acceptors (Lipinski definition) is 3. The summed E-state index contributed by atoms with van der Waals surface area (Å²) >= 11 is 0. The molecule has 0 aromatic carbocycles. The summed E-state index contributed by atoms with van der Waals surface area (Å²) in [5.41, 5.74) is 0.0866. The van der Waals surface area contributed by atoms with Gasteiger partial charge in [0.2, 0.25) is 0 Å². The van der Waals surface area contributed by atoms with Gasteiger partial charge < -0.3 is 9.47 Å². The third-order valence-electron chi connectivity index (χ3n) is 5.12. The monoisotopic (exact) mass is 239 g/mol. The van der Waals surface area contributed by atoms with Gasteiger partial charge in [0.15, 0.2) is 0 Å². The molecule has 0 aromatic rings. The Hall–Kier alpha value is -0.120. The van der Waals surface area contributed by atoms with E-state index >= 15 is 0 Å². The Morgan fingerprint density at radius 2 is 1.76 bits per heavy atom. The summed E-state index contributed by atoms with van der Waals surface area (Å²) in [6, 6.07) is 0. The van der Waals surface area contributed by atoms with Gasteiger partial charge in [0.25, 0.3) is 0 Å². The summed E-state index contributed by atoms with van der Waals surface area (Å²) in [5, 5.41) is 3.70. The Kier molecular flexibility index (Phi) is 2.77. The van der Waals surface area contributed by atoms with E-state index in [0.29, 0.717) is 0 Å². The lowest BCUT2D eigenvalue weighted by atomic mass is 9.71. The van der Waals surface area contributed by atoms with Gasteiger partial charge in [-0.15, -0.1) is 0 Å². The van der Waals surface area contributed by atoms with Gasteiger partial charge in [-0.3, -0.25) is 5.32 Å².